The molecule has 0 aromatic heterocycles. The van der Waals surface area contributed by atoms with Crippen molar-refractivity contribution in [1.82, 2.24) is 0 Å². The van der Waals surface area contributed by atoms with E-state index in [-0.39, 0.29) is 5.54 Å². The molecule has 2 N–H and O–H groups in total. The maximum atomic E-state index is 6.34. The highest BCUT2D eigenvalue weighted by molar-refractivity contribution is 5.38. The quantitative estimate of drug-likeness (QED) is 0.824. The van der Waals surface area contributed by atoms with Crippen LogP contribution in [-0.2, 0) is 5.54 Å². The number of hydrogen-bond donors (Lipinski definition) is 1. The van der Waals surface area contributed by atoms with Gasteiger partial charge in [-0.1, -0.05) is 32.0 Å². The number of methoxy groups -OCH3 is 1. The van der Waals surface area contributed by atoms with Gasteiger partial charge < -0.3 is 10.5 Å². The first kappa shape index (κ1) is 12.1. The zero-order valence-corrected chi connectivity index (χ0v) is 10.1. The lowest BCUT2D eigenvalue weighted by atomic mass is 9.84. The van der Waals surface area contributed by atoms with Gasteiger partial charge in [0.1, 0.15) is 5.75 Å². The molecule has 1 rings (SSSR count). The maximum absolute atomic E-state index is 6.34. The molecule has 1 unspecified atom stereocenters. The largest absolute Gasteiger partial charge is 0.496 e. The molecule has 0 aliphatic carbocycles. The highest BCUT2D eigenvalue weighted by Crippen LogP contribution is 2.32. The monoisotopic (exact) mass is 207 g/mol. The van der Waals surface area contributed by atoms with E-state index in [9.17, 15) is 0 Å². The van der Waals surface area contributed by atoms with E-state index in [0.717, 1.165) is 17.7 Å². The Kier molecular flexibility index (Phi) is 3.75. The predicted octanol–water partition coefficient (Wildman–Crippen LogP) is 2.92. The van der Waals surface area contributed by atoms with E-state index in [1.54, 1.807) is 7.11 Å². The first-order valence-corrected chi connectivity index (χ1v) is 5.39. The molecule has 0 saturated heterocycles. The van der Waals surface area contributed by atoms with Gasteiger partial charge in [0.05, 0.1) is 7.11 Å². The van der Waals surface area contributed by atoms with Crippen LogP contribution in [0.25, 0.3) is 0 Å². The Labute approximate surface area is 92.4 Å². The molecule has 0 fully saturated rings. The minimum Gasteiger partial charge on any atom is -0.496 e. The summed E-state index contributed by atoms with van der Waals surface area (Å²) in [5.74, 6) is 1.45. The minimum atomic E-state index is -0.319. The third kappa shape index (κ3) is 2.96. The van der Waals surface area contributed by atoms with E-state index in [2.05, 4.69) is 20.8 Å². The van der Waals surface area contributed by atoms with Crippen LogP contribution in [0.15, 0.2) is 24.3 Å². The summed E-state index contributed by atoms with van der Waals surface area (Å²) in [6.45, 7) is 6.42. The third-order valence-electron chi connectivity index (χ3n) is 2.55. The van der Waals surface area contributed by atoms with Crippen LogP contribution >= 0.6 is 0 Å². The topological polar surface area (TPSA) is 35.2 Å². The van der Waals surface area contributed by atoms with Crippen LogP contribution in [0.2, 0.25) is 0 Å². The molecule has 0 aliphatic rings. The lowest BCUT2D eigenvalue weighted by molar-refractivity contribution is 0.349. The van der Waals surface area contributed by atoms with Crippen LogP contribution < -0.4 is 10.5 Å². The molecule has 2 nitrogen and oxygen atoms in total. The van der Waals surface area contributed by atoms with Crippen LogP contribution in [0.1, 0.15) is 32.8 Å². The van der Waals surface area contributed by atoms with Crippen molar-refractivity contribution >= 4 is 0 Å². The van der Waals surface area contributed by atoms with Crippen LogP contribution in [0.5, 0.6) is 5.75 Å². The van der Waals surface area contributed by atoms with Crippen molar-refractivity contribution in [1.29, 1.82) is 0 Å². The molecule has 0 aliphatic heterocycles. The Bertz CT molecular complexity index is 318. The Morgan fingerprint density at radius 2 is 1.93 bits per heavy atom. The van der Waals surface area contributed by atoms with E-state index in [1.165, 1.54) is 0 Å². The highest BCUT2D eigenvalue weighted by atomic mass is 16.5. The van der Waals surface area contributed by atoms with Gasteiger partial charge in [-0.3, -0.25) is 0 Å². The Morgan fingerprint density at radius 3 is 2.47 bits per heavy atom. The molecule has 0 amide bonds. The van der Waals surface area contributed by atoms with E-state index >= 15 is 0 Å². The lowest BCUT2D eigenvalue weighted by Crippen LogP contribution is -2.34. The van der Waals surface area contributed by atoms with E-state index in [1.807, 2.05) is 24.3 Å². The number of benzene rings is 1. The first-order valence-electron chi connectivity index (χ1n) is 5.39. The van der Waals surface area contributed by atoms with Crippen molar-refractivity contribution < 1.29 is 4.74 Å². The summed E-state index contributed by atoms with van der Waals surface area (Å²) >= 11 is 0. The molecule has 0 radical (unpaired) electrons. The minimum absolute atomic E-state index is 0.319. The normalized spacial score (nSPS) is 15.1. The summed E-state index contributed by atoms with van der Waals surface area (Å²) in [5.41, 5.74) is 7.10. The van der Waals surface area contributed by atoms with Gasteiger partial charge in [0.15, 0.2) is 0 Å². The highest BCUT2D eigenvalue weighted by Gasteiger charge is 2.25. The summed E-state index contributed by atoms with van der Waals surface area (Å²) in [6, 6.07) is 7.97. The molecule has 0 bridgehead atoms. The van der Waals surface area contributed by atoms with Gasteiger partial charge in [0, 0.05) is 11.1 Å². The van der Waals surface area contributed by atoms with Gasteiger partial charge in [-0.25, -0.2) is 0 Å². The molecular formula is C13H21NO. The second-order valence-electron chi connectivity index (χ2n) is 4.72. The van der Waals surface area contributed by atoms with Crippen molar-refractivity contribution in [2.45, 2.75) is 32.7 Å². The van der Waals surface area contributed by atoms with Gasteiger partial charge in [-0.05, 0) is 25.3 Å². The molecule has 1 aromatic carbocycles. The van der Waals surface area contributed by atoms with Gasteiger partial charge in [-0.15, -0.1) is 0 Å². The van der Waals surface area contributed by atoms with Crippen LogP contribution in [0.4, 0.5) is 0 Å². The summed E-state index contributed by atoms with van der Waals surface area (Å²) in [4.78, 5) is 0. The molecule has 0 heterocycles. The number of rotatable bonds is 4. The number of hydrogen-bond acceptors (Lipinski definition) is 2. The van der Waals surface area contributed by atoms with Crippen molar-refractivity contribution in [3.05, 3.63) is 29.8 Å². The SMILES string of the molecule is COc1ccccc1C(C)(N)CC(C)C. The Hall–Kier alpha value is -1.02. The van der Waals surface area contributed by atoms with Gasteiger partial charge in [0.25, 0.3) is 0 Å². The van der Waals surface area contributed by atoms with Gasteiger partial charge >= 0.3 is 0 Å². The van der Waals surface area contributed by atoms with Crippen LogP contribution in [0.3, 0.4) is 0 Å². The second-order valence-corrected chi connectivity index (χ2v) is 4.72. The second kappa shape index (κ2) is 4.67. The van der Waals surface area contributed by atoms with Gasteiger partial charge in [-0.2, -0.15) is 0 Å². The number of nitrogens with two attached hydrogens (primary N) is 1. The fraction of sp³-hybridized carbons (Fsp3) is 0.538. The number of para-hydroxylation sites is 1. The Morgan fingerprint density at radius 1 is 1.33 bits per heavy atom. The summed E-state index contributed by atoms with van der Waals surface area (Å²) < 4.78 is 5.33. The van der Waals surface area contributed by atoms with Crippen LogP contribution in [0, 0.1) is 5.92 Å². The summed E-state index contributed by atoms with van der Waals surface area (Å²) in [5, 5.41) is 0. The van der Waals surface area contributed by atoms with Crippen molar-refractivity contribution in [2.24, 2.45) is 11.7 Å². The summed E-state index contributed by atoms with van der Waals surface area (Å²) in [7, 11) is 1.68. The predicted molar refractivity (Wildman–Crippen MR) is 64.0 cm³/mol. The number of ether oxygens (including phenoxy) is 1. The van der Waals surface area contributed by atoms with E-state index in [4.69, 9.17) is 10.5 Å². The zero-order valence-electron chi connectivity index (χ0n) is 10.1. The third-order valence-corrected chi connectivity index (χ3v) is 2.55. The molecule has 0 saturated carbocycles. The van der Waals surface area contributed by atoms with Crippen molar-refractivity contribution in [3.8, 4) is 5.75 Å². The zero-order chi connectivity index (χ0) is 11.5. The maximum Gasteiger partial charge on any atom is 0.123 e. The van der Waals surface area contributed by atoms with Gasteiger partial charge in [0.2, 0.25) is 0 Å². The molecule has 84 valence electrons. The average molecular weight is 207 g/mol. The average Bonchev–Trinajstić information content (AvgIpc) is 2.16. The van der Waals surface area contributed by atoms with Crippen LogP contribution in [-0.4, -0.2) is 7.11 Å². The van der Waals surface area contributed by atoms with E-state index < -0.39 is 0 Å². The lowest BCUT2D eigenvalue weighted by Gasteiger charge is -2.28. The molecule has 15 heavy (non-hydrogen) atoms. The molecular weight excluding hydrogens is 186 g/mol. The first-order chi connectivity index (χ1) is 6.97. The molecule has 1 aromatic rings. The fourth-order valence-corrected chi connectivity index (χ4v) is 2.07. The molecule has 1 atom stereocenters. The standard InChI is InChI=1S/C13H21NO/c1-10(2)9-13(3,14)11-7-5-6-8-12(11)15-4/h5-8,10H,9,14H2,1-4H3. The Balaban J connectivity index is 3.02. The summed E-state index contributed by atoms with van der Waals surface area (Å²) in [6.07, 6.45) is 0.952. The smallest absolute Gasteiger partial charge is 0.123 e. The molecule has 0 spiro atoms. The molecule has 2 heteroatoms. The van der Waals surface area contributed by atoms with Crippen molar-refractivity contribution in [3.63, 3.8) is 0 Å². The fourth-order valence-electron chi connectivity index (χ4n) is 2.07. The van der Waals surface area contributed by atoms with E-state index in [0.29, 0.717) is 5.92 Å². The van der Waals surface area contributed by atoms with Crippen molar-refractivity contribution in [2.75, 3.05) is 7.11 Å².